The molecule has 0 bridgehead atoms. The maximum absolute atomic E-state index is 14.7. The summed E-state index contributed by atoms with van der Waals surface area (Å²) in [6, 6.07) is 12.8. The van der Waals surface area contributed by atoms with Gasteiger partial charge < -0.3 is 25.4 Å². The Morgan fingerprint density at radius 3 is 2.30 bits per heavy atom. The number of hydrogen-bond donors (Lipinski definition) is 3. The van der Waals surface area contributed by atoms with Crippen LogP contribution in [0.4, 0.5) is 4.79 Å². The van der Waals surface area contributed by atoms with Gasteiger partial charge in [-0.15, -0.1) is 0 Å². The third kappa shape index (κ3) is 11.2. The average molecular weight is 608 g/mol. The summed E-state index contributed by atoms with van der Waals surface area (Å²) in [4.78, 5) is 43.5. The predicted octanol–water partition coefficient (Wildman–Crippen LogP) is 7.13. The first-order valence-corrected chi connectivity index (χ1v) is 16.4. The number of rotatable bonds is 14. The fourth-order valence-electron chi connectivity index (χ4n) is 5.80. The van der Waals surface area contributed by atoms with Crippen molar-refractivity contribution in [2.45, 2.75) is 129 Å². The molecule has 0 radical (unpaired) electrons. The van der Waals surface area contributed by atoms with Crippen LogP contribution in [0.5, 0.6) is 5.75 Å². The summed E-state index contributed by atoms with van der Waals surface area (Å²) < 4.78 is 5.56. The number of nitrogens with zero attached hydrogens (tertiary/aromatic N) is 1. The molecule has 3 rings (SSSR count). The van der Waals surface area contributed by atoms with E-state index >= 15 is 0 Å². The molecule has 242 valence electrons. The summed E-state index contributed by atoms with van der Waals surface area (Å²) in [5.74, 6) is -0.449. The number of carbonyl (C=O) groups is 3. The Bertz CT molecular complexity index is 1200. The van der Waals surface area contributed by atoms with Gasteiger partial charge in [-0.2, -0.15) is 0 Å². The number of benzene rings is 2. The van der Waals surface area contributed by atoms with Crippen molar-refractivity contribution in [1.29, 1.82) is 0 Å². The van der Waals surface area contributed by atoms with Gasteiger partial charge in [-0.1, -0.05) is 88.3 Å². The van der Waals surface area contributed by atoms with Crippen molar-refractivity contribution in [1.82, 2.24) is 15.5 Å². The van der Waals surface area contributed by atoms with Gasteiger partial charge in [0.05, 0.1) is 0 Å². The summed E-state index contributed by atoms with van der Waals surface area (Å²) in [5.41, 5.74) is 1.40. The lowest BCUT2D eigenvalue weighted by Gasteiger charge is -2.36. The molecule has 1 aliphatic carbocycles. The second-order valence-corrected chi connectivity index (χ2v) is 13.1. The highest BCUT2D eigenvalue weighted by atomic mass is 16.6. The summed E-state index contributed by atoms with van der Waals surface area (Å²) >= 11 is 0. The highest BCUT2D eigenvalue weighted by Gasteiger charge is 2.37. The molecule has 2 atom stereocenters. The van der Waals surface area contributed by atoms with Crippen LogP contribution in [0.1, 0.15) is 115 Å². The fraction of sp³-hybridized carbons (Fsp3) is 0.583. The first-order chi connectivity index (χ1) is 21.0. The van der Waals surface area contributed by atoms with Crippen LogP contribution in [0, 0.1) is 6.92 Å². The van der Waals surface area contributed by atoms with E-state index in [1.807, 2.05) is 30.3 Å². The Hall–Kier alpha value is -3.55. The second kappa shape index (κ2) is 17.1. The lowest BCUT2D eigenvalue weighted by molar-refractivity contribution is -0.143. The van der Waals surface area contributed by atoms with Crippen LogP contribution >= 0.6 is 0 Å². The van der Waals surface area contributed by atoms with Crippen molar-refractivity contribution in [3.63, 3.8) is 0 Å². The van der Waals surface area contributed by atoms with Gasteiger partial charge in [0.25, 0.3) is 0 Å². The molecule has 1 aliphatic rings. The smallest absolute Gasteiger partial charge is 0.408 e. The van der Waals surface area contributed by atoms with Gasteiger partial charge >= 0.3 is 6.09 Å². The maximum atomic E-state index is 14.7. The van der Waals surface area contributed by atoms with Crippen LogP contribution in [0.2, 0.25) is 0 Å². The largest absolute Gasteiger partial charge is 0.508 e. The van der Waals surface area contributed by atoms with E-state index in [2.05, 4.69) is 17.6 Å². The zero-order valence-corrected chi connectivity index (χ0v) is 27.4. The minimum Gasteiger partial charge on any atom is -0.508 e. The van der Waals surface area contributed by atoms with Gasteiger partial charge in [0.1, 0.15) is 23.4 Å². The van der Waals surface area contributed by atoms with Crippen LogP contribution < -0.4 is 10.6 Å². The number of hydrogen-bond acceptors (Lipinski definition) is 5. The number of aromatic hydroxyl groups is 1. The number of ether oxygens (including phenoxy) is 1. The van der Waals surface area contributed by atoms with Gasteiger partial charge in [-0.05, 0) is 75.8 Å². The topological polar surface area (TPSA) is 108 Å². The molecule has 3 amide bonds. The third-order valence-electron chi connectivity index (χ3n) is 8.11. The molecule has 1 fully saturated rings. The lowest BCUT2D eigenvalue weighted by Crippen LogP contribution is -2.54. The first kappa shape index (κ1) is 34.9. The van der Waals surface area contributed by atoms with Gasteiger partial charge in [0.15, 0.2) is 0 Å². The minimum absolute atomic E-state index is 0.0541. The normalized spacial score (nSPS) is 15.2. The van der Waals surface area contributed by atoms with Crippen LogP contribution in [0.15, 0.2) is 48.5 Å². The molecule has 0 aliphatic heterocycles. The summed E-state index contributed by atoms with van der Waals surface area (Å²) in [5, 5.41) is 16.4. The van der Waals surface area contributed by atoms with Gasteiger partial charge in [0, 0.05) is 19.0 Å². The summed E-state index contributed by atoms with van der Waals surface area (Å²) in [6.45, 7) is 9.64. The van der Waals surface area contributed by atoms with Crippen LogP contribution in [0.25, 0.3) is 0 Å². The van der Waals surface area contributed by atoms with Gasteiger partial charge in [0.2, 0.25) is 11.8 Å². The van der Waals surface area contributed by atoms with E-state index in [0.717, 1.165) is 69.8 Å². The molecule has 2 aromatic rings. The van der Waals surface area contributed by atoms with Crippen LogP contribution in [0.3, 0.4) is 0 Å². The lowest BCUT2D eigenvalue weighted by atomic mass is 9.94. The van der Waals surface area contributed by atoms with E-state index in [1.54, 1.807) is 50.8 Å². The molecule has 8 nitrogen and oxygen atoms in total. The first-order valence-electron chi connectivity index (χ1n) is 16.4. The average Bonchev–Trinajstić information content (AvgIpc) is 2.97. The van der Waals surface area contributed by atoms with E-state index in [1.165, 1.54) is 0 Å². The number of aryl methyl sites for hydroxylation is 1. The van der Waals surface area contributed by atoms with E-state index in [0.29, 0.717) is 17.7 Å². The van der Waals surface area contributed by atoms with Crippen molar-refractivity contribution < 1.29 is 24.2 Å². The number of phenolic OH excluding ortho intramolecular Hbond substituents is 1. The molecule has 44 heavy (non-hydrogen) atoms. The van der Waals surface area contributed by atoms with E-state index in [9.17, 15) is 19.5 Å². The molecule has 3 N–H and O–H groups in total. The SMILES string of the molecule is CCCCCCCN(C(=O)C(Cc1ccccc1)NC(=O)OC(C)(C)C)C(C(=O)NC1CCCCC1)c1ccc(O)c(C)c1. The zero-order chi connectivity index (χ0) is 32.1. The molecule has 0 heterocycles. The van der Waals surface area contributed by atoms with Crippen molar-refractivity contribution in [2.75, 3.05) is 6.54 Å². The maximum Gasteiger partial charge on any atom is 0.408 e. The van der Waals surface area contributed by atoms with E-state index in [4.69, 9.17) is 4.74 Å². The standard InChI is InChI=1S/C36H53N3O5/c1-6-7-8-9-16-23-39(34(42)30(25-27-17-12-10-13-18-27)38-35(43)44-36(3,4)5)32(28-21-22-31(40)26(2)24-28)33(41)37-29-19-14-11-15-20-29/h10,12-13,17-18,21-22,24,29-30,32,40H,6-9,11,14-16,19-20,23,25H2,1-5H3,(H,37,41)(H,38,43). The molecule has 0 saturated heterocycles. The van der Waals surface area contributed by atoms with Crippen molar-refractivity contribution >= 4 is 17.9 Å². The number of amides is 3. The van der Waals surface area contributed by atoms with Crippen molar-refractivity contribution in [3.8, 4) is 5.75 Å². The molecule has 2 unspecified atom stereocenters. The molecular formula is C36H53N3O5. The molecule has 0 spiro atoms. The summed E-state index contributed by atoms with van der Waals surface area (Å²) in [6.07, 6.45) is 9.56. The van der Waals surface area contributed by atoms with Gasteiger partial charge in [-0.25, -0.2) is 4.79 Å². The van der Waals surface area contributed by atoms with E-state index in [-0.39, 0.29) is 30.0 Å². The molecule has 2 aromatic carbocycles. The highest BCUT2D eigenvalue weighted by molar-refractivity contribution is 5.92. The van der Waals surface area contributed by atoms with Crippen molar-refractivity contribution in [3.05, 3.63) is 65.2 Å². The third-order valence-corrected chi connectivity index (χ3v) is 8.11. The Kier molecular flexibility index (Phi) is 13.6. The van der Waals surface area contributed by atoms with Crippen LogP contribution in [-0.2, 0) is 20.7 Å². The Balaban J connectivity index is 2.03. The number of alkyl carbamates (subject to hydrolysis) is 1. The fourth-order valence-corrected chi connectivity index (χ4v) is 5.80. The molecule has 8 heteroatoms. The van der Waals surface area contributed by atoms with E-state index < -0.39 is 23.8 Å². The Labute approximate surface area is 263 Å². The number of nitrogens with one attached hydrogen (secondary N) is 2. The van der Waals surface area contributed by atoms with Gasteiger partial charge in [-0.3, -0.25) is 9.59 Å². The predicted molar refractivity (Wildman–Crippen MR) is 174 cm³/mol. The molecule has 0 aromatic heterocycles. The minimum atomic E-state index is -0.953. The Morgan fingerprint density at radius 1 is 0.977 bits per heavy atom. The second-order valence-electron chi connectivity index (χ2n) is 13.1. The highest BCUT2D eigenvalue weighted by Crippen LogP contribution is 2.29. The number of unbranched alkanes of at least 4 members (excludes halogenated alkanes) is 4. The van der Waals surface area contributed by atoms with Crippen LogP contribution in [-0.4, -0.2) is 52.1 Å². The van der Waals surface area contributed by atoms with Crippen molar-refractivity contribution in [2.24, 2.45) is 0 Å². The molecule has 1 saturated carbocycles. The number of carbonyl (C=O) groups excluding carboxylic acids is 3. The molecular weight excluding hydrogens is 554 g/mol. The zero-order valence-electron chi connectivity index (χ0n) is 27.4. The monoisotopic (exact) mass is 607 g/mol. The summed E-state index contributed by atoms with van der Waals surface area (Å²) in [7, 11) is 0. The Morgan fingerprint density at radius 2 is 1.66 bits per heavy atom. The quantitative estimate of drug-likeness (QED) is 0.198. The number of phenols is 1.